The maximum atomic E-state index is 12.2. The number of amides is 2. The quantitative estimate of drug-likeness (QED) is 0.561. The van der Waals surface area contributed by atoms with E-state index in [2.05, 4.69) is 10.6 Å². The number of hydrogen-bond donors (Lipinski definition) is 3. The number of ether oxygens (including phenoxy) is 1. The van der Waals surface area contributed by atoms with Crippen LogP contribution < -0.4 is 21.1 Å². The lowest BCUT2D eigenvalue weighted by Crippen LogP contribution is -2.29. The van der Waals surface area contributed by atoms with Gasteiger partial charge in [0.2, 0.25) is 5.91 Å². The summed E-state index contributed by atoms with van der Waals surface area (Å²) in [6, 6.07) is 14.8. The van der Waals surface area contributed by atoms with Crippen LogP contribution in [0.25, 0.3) is 0 Å². The molecule has 2 amide bonds. The Labute approximate surface area is 160 Å². The number of benzene rings is 2. The first-order chi connectivity index (χ1) is 13.1. The minimum atomic E-state index is -0.247. The Balaban J connectivity index is 1.75. The predicted molar refractivity (Wildman–Crippen MR) is 107 cm³/mol. The smallest absolute Gasteiger partial charge is 0.253 e. The molecule has 2 aromatic carbocycles. The Hall–Kier alpha value is -2.86. The molecular weight excluding hydrogens is 342 g/mol. The molecular formula is C21H27N3O3. The number of hydrogen-bond acceptors (Lipinski definition) is 4. The van der Waals surface area contributed by atoms with Crippen LogP contribution in [0.2, 0.25) is 0 Å². The van der Waals surface area contributed by atoms with Crippen LogP contribution in [0.4, 0.5) is 5.69 Å². The van der Waals surface area contributed by atoms with E-state index >= 15 is 0 Å². The number of aryl methyl sites for hydroxylation is 1. The van der Waals surface area contributed by atoms with Gasteiger partial charge >= 0.3 is 0 Å². The molecule has 0 aliphatic heterocycles. The van der Waals surface area contributed by atoms with Crippen molar-refractivity contribution in [3.05, 3.63) is 59.7 Å². The number of carbonyl (C=O) groups is 2. The van der Waals surface area contributed by atoms with Crippen molar-refractivity contribution in [1.82, 2.24) is 5.32 Å². The highest BCUT2D eigenvalue weighted by Gasteiger charge is 2.12. The fourth-order valence-corrected chi connectivity index (χ4v) is 2.57. The van der Waals surface area contributed by atoms with Gasteiger partial charge in [-0.1, -0.05) is 24.3 Å². The van der Waals surface area contributed by atoms with Crippen LogP contribution >= 0.6 is 0 Å². The summed E-state index contributed by atoms with van der Waals surface area (Å²) in [4.78, 5) is 24.3. The van der Waals surface area contributed by atoms with Crippen LogP contribution in [0.3, 0.4) is 0 Å². The van der Waals surface area contributed by atoms with E-state index in [-0.39, 0.29) is 11.8 Å². The number of anilines is 1. The van der Waals surface area contributed by atoms with Crippen molar-refractivity contribution < 1.29 is 14.3 Å². The second-order valence-corrected chi connectivity index (χ2v) is 6.26. The Morgan fingerprint density at radius 1 is 1.07 bits per heavy atom. The van der Waals surface area contributed by atoms with Gasteiger partial charge in [-0.2, -0.15) is 0 Å². The van der Waals surface area contributed by atoms with E-state index in [0.29, 0.717) is 43.8 Å². The topological polar surface area (TPSA) is 93.4 Å². The largest absolute Gasteiger partial charge is 0.494 e. The Bertz CT molecular complexity index is 762. The first-order valence-electron chi connectivity index (χ1n) is 9.17. The van der Waals surface area contributed by atoms with Gasteiger partial charge in [0.05, 0.1) is 17.9 Å². The normalized spacial score (nSPS) is 10.3. The summed E-state index contributed by atoms with van der Waals surface area (Å²) in [7, 11) is 0. The van der Waals surface area contributed by atoms with Crippen molar-refractivity contribution in [3.63, 3.8) is 0 Å². The van der Waals surface area contributed by atoms with Gasteiger partial charge < -0.3 is 21.1 Å². The van der Waals surface area contributed by atoms with Crippen LogP contribution in [0.15, 0.2) is 48.5 Å². The third kappa shape index (κ3) is 7.11. The molecule has 0 aliphatic carbocycles. The van der Waals surface area contributed by atoms with Crippen LogP contribution in [0.5, 0.6) is 5.75 Å². The van der Waals surface area contributed by atoms with Gasteiger partial charge in [0.1, 0.15) is 5.75 Å². The molecule has 4 N–H and O–H groups in total. The van der Waals surface area contributed by atoms with E-state index in [1.165, 1.54) is 0 Å². The summed E-state index contributed by atoms with van der Waals surface area (Å²) < 4.78 is 5.68. The van der Waals surface area contributed by atoms with E-state index in [0.717, 1.165) is 17.7 Å². The number of para-hydroxylation sites is 1. The third-order valence-corrected chi connectivity index (χ3v) is 3.93. The molecule has 0 aromatic heterocycles. The Morgan fingerprint density at radius 2 is 1.89 bits per heavy atom. The molecule has 0 atom stereocenters. The van der Waals surface area contributed by atoms with Gasteiger partial charge in [-0.3, -0.25) is 9.59 Å². The molecule has 0 fully saturated rings. The number of rotatable bonds is 10. The average Bonchev–Trinajstić information content (AvgIpc) is 2.66. The number of nitrogens with one attached hydrogen (secondary N) is 2. The van der Waals surface area contributed by atoms with Gasteiger partial charge in [-0.05, 0) is 49.6 Å². The minimum Gasteiger partial charge on any atom is -0.494 e. The molecule has 0 aliphatic rings. The zero-order valence-corrected chi connectivity index (χ0v) is 15.7. The molecule has 0 saturated carbocycles. The Kier molecular flexibility index (Phi) is 8.32. The fraction of sp³-hybridized carbons (Fsp3) is 0.333. The third-order valence-electron chi connectivity index (χ3n) is 3.93. The zero-order chi connectivity index (χ0) is 19.5. The fourth-order valence-electron chi connectivity index (χ4n) is 2.57. The van der Waals surface area contributed by atoms with Crippen molar-refractivity contribution in [3.8, 4) is 5.75 Å². The zero-order valence-electron chi connectivity index (χ0n) is 15.7. The molecule has 0 spiro atoms. The molecule has 2 aromatic rings. The SMILES string of the molecule is Cc1cccc(OCCCCC(=O)Nc2ccccc2C(=O)NCCN)c1. The van der Waals surface area contributed by atoms with Gasteiger partial charge in [-0.15, -0.1) is 0 Å². The molecule has 0 heterocycles. The number of unbranched alkanes of at least 4 members (excludes halogenated alkanes) is 1. The first kappa shape index (κ1) is 20.5. The van der Waals surface area contributed by atoms with Crippen molar-refractivity contribution in [2.45, 2.75) is 26.2 Å². The van der Waals surface area contributed by atoms with Crippen LogP contribution in [0, 0.1) is 6.92 Å². The number of carbonyl (C=O) groups excluding carboxylic acids is 2. The molecule has 144 valence electrons. The molecule has 0 bridgehead atoms. The summed E-state index contributed by atoms with van der Waals surface area (Å²) in [6.07, 6.45) is 1.86. The van der Waals surface area contributed by atoms with Crippen molar-refractivity contribution in [2.75, 3.05) is 25.0 Å². The lowest BCUT2D eigenvalue weighted by atomic mass is 10.1. The molecule has 6 nitrogen and oxygen atoms in total. The number of nitrogens with two attached hydrogens (primary N) is 1. The predicted octanol–water partition coefficient (Wildman–Crippen LogP) is 2.87. The van der Waals surface area contributed by atoms with E-state index in [4.69, 9.17) is 10.5 Å². The molecule has 6 heteroatoms. The average molecular weight is 369 g/mol. The van der Waals surface area contributed by atoms with Gasteiger partial charge in [0, 0.05) is 19.5 Å². The Morgan fingerprint density at radius 3 is 2.67 bits per heavy atom. The van der Waals surface area contributed by atoms with E-state index in [9.17, 15) is 9.59 Å². The van der Waals surface area contributed by atoms with Crippen LogP contribution in [-0.2, 0) is 4.79 Å². The molecule has 0 radical (unpaired) electrons. The van der Waals surface area contributed by atoms with Crippen molar-refractivity contribution in [1.29, 1.82) is 0 Å². The maximum absolute atomic E-state index is 12.2. The summed E-state index contributed by atoms with van der Waals surface area (Å²) in [6.45, 7) is 3.34. The monoisotopic (exact) mass is 369 g/mol. The standard InChI is InChI=1S/C21H27N3O3/c1-16-7-6-8-17(15-16)27-14-5-4-11-20(25)24-19-10-3-2-9-18(19)21(26)23-13-12-22/h2-3,6-10,15H,4-5,11-14,22H2,1H3,(H,23,26)(H,24,25). The van der Waals surface area contributed by atoms with E-state index < -0.39 is 0 Å². The van der Waals surface area contributed by atoms with E-state index in [1.54, 1.807) is 24.3 Å². The summed E-state index contributed by atoms with van der Waals surface area (Å²) in [5.74, 6) is 0.476. The molecule has 2 rings (SSSR count). The highest BCUT2D eigenvalue weighted by molar-refractivity contribution is 6.03. The first-order valence-corrected chi connectivity index (χ1v) is 9.17. The summed E-state index contributed by atoms with van der Waals surface area (Å²) >= 11 is 0. The lowest BCUT2D eigenvalue weighted by Gasteiger charge is -2.11. The van der Waals surface area contributed by atoms with Crippen molar-refractivity contribution in [2.24, 2.45) is 5.73 Å². The molecule has 0 unspecified atom stereocenters. The minimum absolute atomic E-state index is 0.121. The van der Waals surface area contributed by atoms with E-state index in [1.807, 2.05) is 31.2 Å². The molecule has 0 saturated heterocycles. The van der Waals surface area contributed by atoms with Crippen LogP contribution in [0.1, 0.15) is 35.2 Å². The second kappa shape index (κ2) is 11.0. The lowest BCUT2D eigenvalue weighted by molar-refractivity contribution is -0.116. The van der Waals surface area contributed by atoms with Gasteiger partial charge in [-0.25, -0.2) is 0 Å². The van der Waals surface area contributed by atoms with Crippen molar-refractivity contribution >= 4 is 17.5 Å². The van der Waals surface area contributed by atoms with Gasteiger partial charge in [0.15, 0.2) is 0 Å². The van der Waals surface area contributed by atoms with Gasteiger partial charge in [0.25, 0.3) is 5.91 Å². The summed E-state index contributed by atoms with van der Waals surface area (Å²) in [5, 5.41) is 5.52. The maximum Gasteiger partial charge on any atom is 0.253 e. The summed E-state index contributed by atoms with van der Waals surface area (Å²) in [5.41, 5.74) is 7.50. The highest BCUT2D eigenvalue weighted by Crippen LogP contribution is 2.16. The molecule has 27 heavy (non-hydrogen) atoms. The second-order valence-electron chi connectivity index (χ2n) is 6.26. The van der Waals surface area contributed by atoms with Crippen LogP contribution in [-0.4, -0.2) is 31.5 Å². The highest BCUT2D eigenvalue weighted by atomic mass is 16.5.